The molecule has 6 nitrogen and oxygen atoms in total. The van der Waals surface area contributed by atoms with Gasteiger partial charge in [-0.05, 0) is 52.6 Å². The Labute approximate surface area is 144 Å². The molecule has 1 amide bonds. The van der Waals surface area contributed by atoms with Crippen LogP contribution >= 0.6 is 0 Å². The van der Waals surface area contributed by atoms with Gasteiger partial charge in [-0.15, -0.1) is 0 Å². The van der Waals surface area contributed by atoms with Crippen molar-refractivity contribution in [3.63, 3.8) is 0 Å². The molecule has 1 unspecified atom stereocenters. The zero-order valence-corrected chi connectivity index (χ0v) is 15.1. The monoisotopic (exact) mass is 331 g/mol. The Kier molecular flexibility index (Phi) is 5.04. The Morgan fingerprint density at radius 2 is 1.92 bits per heavy atom. The van der Waals surface area contributed by atoms with E-state index in [1.54, 1.807) is 12.4 Å². The van der Waals surface area contributed by atoms with Crippen molar-refractivity contribution in [1.82, 2.24) is 19.8 Å². The van der Waals surface area contributed by atoms with E-state index in [9.17, 15) is 4.79 Å². The van der Waals surface area contributed by atoms with E-state index in [-0.39, 0.29) is 5.54 Å². The highest BCUT2D eigenvalue weighted by Gasteiger charge is 2.42. The Morgan fingerprint density at radius 3 is 2.58 bits per heavy atom. The lowest BCUT2D eigenvalue weighted by atomic mass is 9.86. The number of aromatic nitrogens is 2. The lowest BCUT2D eigenvalue weighted by Gasteiger charge is -2.45. The van der Waals surface area contributed by atoms with Crippen molar-refractivity contribution >= 4 is 11.7 Å². The molecule has 3 heterocycles. The van der Waals surface area contributed by atoms with Crippen molar-refractivity contribution in [1.29, 1.82) is 0 Å². The maximum atomic E-state index is 13.1. The largest absolute Gasteiger partial charge is 0.372 e. The molecule has 3 rings (SSSR count). The fourth-order valence-corrected chi connectivity index (χ4v) is 4.06. The van der Waals surface area contributed by atoms with Crippen LogP contribution in [-0.2, 0) is 4.79 Å². The first-order valence-corrected chi connectivity index (χ1v) is 9.05. The van der Waals surface area contributed by atoms with Crippen molar-refractivity contribution in [3.05, 3.63) is 18.1 Å². The molecule has 2 saturated heterocycles. The van der Waals surface area contributed by atoms with Gasteiger partial charge in [-0.25, -0.2) is 4.98 Å². The number of carbonyl (C=O) groups is 1. The molecular formula is C18H29N5O. The summed E-state index contributed by atoms with van der Waals surface area (Å²) in [5.41, 5.74) is 0.710. The van der Waals surface area contributed by atoms with Crippen molar-refractivity contribution < 1.29 is 4.79 Å². The molecule has 2 aliphatic rings. The number of likely N-dealkylation sites (N-methyl/N-ethyl adjacent to an activating group) is 1. The number of amides is 1. The third-order valence-corrected chi connectivity index (χ3v) is 5.84. The van der Waals surface area contributed by atoms with Gasteiger partial charge < -0.3 is 10.2 Å². The van der Waals surface area contributed by atoms with Crippen molar-refractivity contribution in [2.45, 2.75) is 50.5 Å². The van der Waals surface area contributed by atoms with E-state index in [4.69, 9.17) is 0 Å². The Hall–Kier alpha value is -1.69. The fraction of sp³-hybridized carbons (Fsp3) is 0.722. The molecule has 0 aliphatic carbocycles. The molecule has 1 atom stereocenters. The first-order valence-electron chi connectivity index (χ1n) is 9.05. The van der Waals surface area contributed by atoms with Crippen LogP contribution in [0.25, 0.3) is 0 Å². The second-order valence-corrected chi connectivity index (χ2v) is 7.26. The van der Waals surface area contributed by atoms with E-state index in [0.717, 1.165) is 56.8 Å². The summed E-state index contributed by atoms with van der Waals surface area (Å²) in [6.45, 7) is 4.76. The van der Waals surface area contributed by atoms with Gasteiger partial charge in [0.2, 0.25) is 5.91 Å². The number of anilines is 1. The van der Waals surface area contributed by atoms with Gasteiger partial charge in [0, 0.05) is 38.4 Å². The summed E-state index contributed by atoms with van der Waals surface area (Å²) < 4.78 is 0. The van der Waals surface area contributed by atoms with Gasteiger partial charge >= 0.3 is 0 Å². The van der Waals surface area contributed by atoms with Gasteiger partial charge in [-0.2, -0.15) is 0 Å². The van der Waals surface area contributed by atoms with E-state index in [2.05, 4.69) is 39.1 Å². The number of rotatable bonds is 3. The van der Waals surface area contributed by atoms with Crippen molar-refractivity contribution in [2.75, 3.05) is 39.0 Å². The van der Waals surface area contributed by atoms with Crippen LogP contribution in [0.1, 0.15) is 50.6 Å². The van der Waals surface area contributed by atoms with E-state index in [1.807, 2.05) is 7.05 Å². The minimum atomic E-state index is -0.326. The minimum Gasteiger partial charge on any atom is -0.372 e. The fourth-order valence-electron chi connectivity index (χ4n) is 4.06. The zero-order valence-electron chi connectivity index (χ0n) is 15.1. The summed E-state index contributed by atoms with van der Waals surface area (Å²) in [6, 6.07) is 0. The van der Waals surface area contributed by atoms with Crippen LogP contribution in [0.4, 0.5) is 5.82 Å². The predicted octanol–water partition coefficient (Wildman–Crippen LogP) is 2.10. The van der Waals surface area contributed by atoms with Gasteiger partial charge in [0.05, 0.1) is 11.2 Å². The molecule has 24 heavy (non-hydrogen) atoms. The lowest BCUT2D eigenvalue weighted by molar-refractivity contribution is -0.146. The van der Waals surface area contributed by atoms with Gasteiger partial charge in [0.1, 0.15) is 5.82 Å². The summed E-state index contributed by atoms with van der Waals surface area (Å²) in [5, 5.41) is 3.13. The number of piperidine rings is 2. The van der Waals surface area contributed by atoms with Gasteiger partial charge in [0.15, 0.2) is 0 Å². The van der Waals surface area contributed by atoms with Crippen molar-refractivity contribution in [3.8, 4) is 0 Å². The zero-order chi connectivity index (χ0) is 17.2. The number of hydrogen-bond acceptors (Lipinski definition) is 5. The third-order valence-electron chi connectivity index (χ3n) is 5.84. The summed E-state index contributed by atoms with van der Waals surface area (Å²) in [4.78, 5) is 26.3. The number of carbonyl (C=O) groups excluding carboxylic acids is 1. The molecule has 0 spiro atoms. The summed E-state index contributed by atoms with van der Waals surface area (Å²) in [5.74, 6) is 1.54. The molecule has 6 heteroatoms. The molecule has 0 radical (unpaired) electrons. The summed E-state index contributed by atoms with van der Waals surface area (Å²) in [7, 11) is 3.97. The van der Waals surface area contributed by atoms with Crippen molar-refractivity contribution in [2.24, 2.45) is 0 Å². The first kappa shape index (κ1) is 17.1. The number of nitrogens with one attached hydrogen (secondary N) is 1. The SMILES string of the molecule is CNc1nccnc1C1CCN(C(=O)C2(C)CCCCN2C)CC1. The average Bonchev–Trinajstić information content (AvgIpc) is 2.63. The maximum Gasteiger partial charge on any atom is 0.242 e. The Bertz CT molecular complexity index is 585. The molecule has 1 aromatic rings. The molecular weight excluding hydrogens is 302 g/mol. The highest BCUT2D eigenvalue weighted by Crippen LogP contribution is 2.33. The number of likely N-dealkylation sites (tertiary alicyclic amines) is 2. The normalized spacial score (nSPS) is 26.4. The second-order valence-electron chi connectivity index (χ2n) is 7.26. The molecule has 0 saturated carbocycles. The molecule has 132 valence electrons. The summed E-state index contributed by atoms with van der Waals surface area (Å²) in [6.07, 6.45) is 8.70. The van der Waals surface area contributed by atoms with Gasteiger partial charge in [-0.1, -0.05) is 0 Å². The van der Waals surface area contributed by atoms with Gasteiger partial charge in [0.25, 0.3) is 0 Å². The Morgan fingerprint density at radius 1 is 1.21 bits per heavy atom. The average molecular weight is 331 g/mol. The highest BCUT2D eigenvalue weighted by atomic mass is 16.2. The van der Waals surface area contributed by atoms with E-state index in [0.29, 0.717) is 11.8 Å². The lowest BCUT2D eigenvalue weighted by Crippen LogP contribution is -2.59. The number of hydrogen-bond donors (Lipinski definition) is 1. The van der Waals surface area contributed by atoms with E-state index >= 15 is 0 Å². The van der Waals surface area contributed by atoms with Crippen LogP contribution in [0.2, 0.25) is 0 Å². The standard InChI is InChI=1S/C18H29N5O/c1-18(8-4-5-11-22(18)3)17(24)23-12-6-14(7-13-23)15-16(19-2)21-10-9-20-15/h9-10,14H,4-8,11-13H2,1-3H3,(H,19,21). The first-order chi connectivity index (χ1) is 11.6. The van der Waals surface area contributed by atoms with Crippen LogP contribution < -0.4 is 5.32 Å². The maximum absolute atomic E-state index is 13.1. The summed E-state index contributed by atoms with van der Waals surface area (Å²) >= 11 is 0. The van der Waals surface area contributed by atoms with Crippen LogP contribution in [0.15, 0.2) is 12.4 Å². The molecule has 1 aromatic heterocycles. The second kappa shape index (κ2) is 7.05. The van der Waals surface area contributed by atoms with Crippen LogP contribution in [-0.4, -0.2) is 64.9 Å². The smallest absolute Gasteiger partial charge is 0.242 e. The van der Waals surface area contributed by atoms with Crippen LogP contribution in [0.5, 0.6) is 0 Å². The van der Waals surface area contributed by atoms with Crippen LogP contribution in [0, 0.1) is 0 Å². The van der Waals surface area contributed by atoms with Gasteiger partial charge in [-0.3, -0.25) is 14.7 Å². The molecule has 0 aromatic carbocycles. The predicted molar refractivity (Wildman–Crippen MR) is 95.0 cm³/mol. The van der Waals surface area contributed by atoms with Crippen LogP contribution in [0.3, 0.4) is 0 Å². The minimum absolute atomic E-state index is 0.302. The number of nitrogens with zero attached hydrogens (tertiary/aromatic N) is 4. The topological polar surface area (TPSA) is 61.4 Å². The molecule has 1 N–H and O–H groups in total. The third kappa shape index (κ3) is 3.11. The Balaban J connectivity index is 1.65. The quantitative estimate of drug-likeness (QED) is 0.919. The molecule has 2 aliphatic heterocycles. The van der Waals surface area contributed by atoms with E-state index in [1.165, 1.54) is 6.42 Å². The highest BCUT2D eigenvalue weighted by molar-refractivity contribution is 5.86. The molecule has 2 fully saturated rings. The molecule has 0 bridgehead atoms. The van der Waals surface area contributed by atoms with E-state index < -0.39 is 0 Å².